The molecule has 0 spiro atoms. The molecular formula is C16H23BrN2O. The van der Waals surface area contributed by atoms with Gasteiger partial charge in [0.15, 0.2) is 0 Å². The van der Waals surface area contributed by atoms with Crippen LogP contribution in [0.25, 0.3) is 0 Å². The lowest BCUT2D eigenvalue weighted by atomic mass is 9.94. The van der Waals surface area contributed by atoms with Crippen LogP contribution in [0.15, 0.2) is 22.7 Å². The molecule has 1 aliphatic heterocycles. The summed E-state index contributed by atoms with van der Waals surface area (Å²) in [5.74, 6) is 0.779. The van der Waals surface area contributed by atoms with Crippen molar-refractivity contribution < 1.29 is 4.79 Å². The van der Waals surface area contributed by atoms with Crippen LogP contribution in [0.2, 0.25) is 0 Å². The molecule has 0 unspecified atom stereocenters. The predicted molar refractivity (Wildman–Crippen MR) is 86.1 cm³/mol. The monoisotopic (exact) mass is 338 g/mol. The van der Waals surface area contributed by atoms with E-state index in [-0.39, 0.29) is 5.91 Å². The second kappa shape index (κ2) is 7.23. The Morgan fingerprint density at radius 3 is 2.80 bits per heavy atom. The average molecular weight is 339 g/mol. The number of hydrogen-bond donors (Lipinski definition) is 1. The second-order valence-electron chi connectivity index (χ2n) is 5.73. The fraction of sp³-hybridized carbons (Fsp3) is 0.562. The van der Waals surface area contributed by atoms with Crippen LogP contribution in [0, 0.1) is 12.8 Å². The quantitative estimate of drug-likeness (QED) is 0.914. The fourth-order valence-corrected chi connectivity index (χ4v) is 3.10. The molecule has 0 aliphatic carbocycles. The van der Waals surface area contributed by atoms with Gasteiger partial charge in [-0.15, -0.1) is 0 Å². The van der Waals surface area contributed by atoms with Crippen LogP contribution in [0.4, 0.5) is 0 Å². The lowest BCUT2D eigenvalue weighted by Gasteiger charge is -2.28. The number of hydrogen-bond acceptors (Lipinski definition) is 2. The molecule has 1 N–H and O–H groups in total. The van der Waals surface area contributed by atoms with E-state index in [2.05, 4.69) is 33.2 Å². The number of piperidine rings is 1. The molecule has 110 valence electrons. The first-order valence-electron chi connectivity index (χ1n) is 7.30. The molecule has 1 fully saturated rings. The summed E-state index contributed by atoms with van der Waals surface area (Å²) >= 11 is 3.49. The predicted octanol–water partition coefficient (Wildman–Crippen LogP) is 3.22. The molecule has 20 heavy (non-hydrogen) atoms. The molecule has 0 radical (unpaired) electrons. The molecule has 1 amide bonds. The van der Waals surface area contributed by atoms with E-state index < -0.39 is 0 Å². The number of benzene rings is 1. The Balaban J connectivity index is 1.79. The van der Waals surface area contributed by atoms with Gasteiger partial charge in [-0.1, -0.05) is 12.1 Å². The number of rotatable bonds is 4. The topological polar surface area (TPSA) is 32.3 Å². The molecule has 1 aromatic rings. The summed E-state index contributed by atoms with van der Waals surface area (Å²) in [4.78, 5) is 14.5. The van der Waals surface area contributed by atoms with Gasteiger partial charge in [0.2, 0.25) is 0 Å². The third-order valence-corrected chi connectivity index (χ3v) is 5.17. The van der Waals surface area contributed by atoms with Gasteiger partial charge in [-0.05, 0) is 79.8 Å². The summed E-state index contributed by atoms with van der Waals surface area (Å²) in [6, 6.07) is 5.79. The van der Waals surface area contributed by atoms with Crippen molar-refractivity contribution in [1.82, 2.24) is 10.2 Å². The van der Waals surface area contributed by atoms with E-state index in [1.807, 2.05) is 25.1 Å². The van der Waals surface area contributed by atoms with Gasteiger partial charge < -0.3 is 10.2 Å². The van der Waals surface area contributed by atoms with Crippen LogP contribution >= 0.6 is 15.9 Å². The zero-order chi connectivity index (χ0) is 14.5. The van der Waals surface area contributed by atoms with Gasteiger partial charge in [-0.25, -0.2) is 0 Å². The highest BCUT2D eigenvalue weighted by atomic mass is 79.9. The first-order chi connectivity index (χ1) is 9.58. The van der Waals surface area contributed by atoms with Crippen molar-refractivity contribution in [2.45, 2.75) is 26.2 Å². The number of carbonyl (C=O) groups excluding carboxylic acids is 1. The van der Waals surface area contributed by atoms with Crippen LogP contribution in [0.5, 0.6) is 0 Å². The van der Waals surface area contributed by atoms with Gasteiger partial charge in [0.05, 0.1) is 5.56 Å². The first-order valence-corrected chi connectivity index (χ1v) is 8.09. The second-order valence-corrected chi connectivity index (χ2v) is 6.52. The van der Waals surface area contributed by atoms with E-state index in [1.54, 1.807) is 0 Å². The Kier molecular flexibility index (Phi) is 5.61. The summed E-state index contributed by atoms with van der Waals surface area (Å²) in [6.45, 7) is 5.14. The number of nitrogens with zero attached hydrogens (tertiary/aromatic N) is 1. The highest BCUT2D eigenvalue weighted by Gasteiger charge is 2.17. The molecule has 0 atom stereocenters. The summed E-state index contributed by atoms with van der Waals surface area (Å²) < 4.78 is 0.900. The summed E-state index contributed by atoms with van der Waals surface area (Å²) in [7, 11) is 2.17. The zero-order valence-corrected chi connectivity index (χ0v) is 13.9. The maximum absolute atomic E-state index is 12.2. The number of nitrogens with one attached hydrogen (secondary N) is 1. The normalized spacial score (nSPS) is 17.1. The molecule has 0 aromatic heterocycles. The largest absolute Gasteiger partial charge is 0.352 e. The van der Waals surface area contributed by atoms with Crippen LogP contribution in [0.1, 0.15) is 35.2 Å². The molecule has 1 heterocycles. The van der Waals surface area contributed by atoms with Crippen molar-refractivity contribution in [3.05, 3.63) is 33.8 Å². The Labute approximate surface area is 129 Å². The van der Waals surface area contributed by atoms with Gasteiger partial charge >= 0.3 is 0 Å². The third kappa shape index (κ3) is 4.06. The van der Waals surface area contributed by atoms with Gasteiger partial charge in [0.25, 0.3) is 5.91 Å². The van der Waals surface area contributed by atoms with E-state index in [1.165, 1.54) is 25.9 Å². The highest BCUT2D eigenvalue weighted by Crippen LogP contribution is 2.21. The number of carbonyl (C=O) groups is 1. The molecule has 2 rings (SSSR count). The standard InChI is InChI=1S/C16H23BrN2O/c1-12-4-3-5-14(15(12)17)16(20)18-9-6-13-7-10-19(2)11-8-13/h3-5,13H,6-11H2,1-2H3,(H,18,20). The van der Waals surface area contributed by atoms with Crippen LogP contribution in [0.3, 0.4) is 0 Å². The smallest absolute Gasteiger partial charge is 0.252 e. The van der Waals surface area contributed by atoms with Crippen LogP contribution in [-0.4, -0.2) is 37.5 Å². The van der Waals surface area contributed by atoms with Crippen molar-refractivity contribution in [1.29, 1.82) is 0 Å². The SMILES string of the molecule is Cc1cccc(C(=O)NCCC2CCN(C)CC2)c1Br. The van der Waals surface area contributed by atoms with Gasteiger partial charge in [-0.2, -0.15) is 0 Å². The average Bonchev–Trinajstić information content (AvgIpc) is 2.44. The third-order valence-electron chi connectivity index (χ3n) is 4.11. The molecule has 1 aromatic carbocycles. The fourth-order valence-electron chi connectivity index (χ4n) is 2.66. The van der Waals surface area contributed by atoms with Crippen molar-refractivity contribution >= 4 is 21.8 Å². The first kappa shape index (κ1) is 15.5. The van der Waals surface area contributed by atoms with E-state index >= 15 is 0 Å². The van der Waals surface area contributed by atoms with E-state index in [0.717, 1.165) is 34.5 Å². The lowest BCUT2D eigenvalue weighted by Crippen LogP contribution is -2.32. The minimum atomic E-state index is 0.0218. The zero-order valence-electron chi connectivity index (χ0n) is 12.3. The minimum absolute atomic E-state index is 0.0218. The molecule has 3 nitrogen and oxygen atoms in total. The molecule has 4 heteroatoms. The molecule has 0 bridgehead atoms. The number of aryl methyl sites for hydroxylation is 1. The van der Waals surface area contributed by atoms with Crippen molar-refractivity contribution in [2.75, 3.05) is 26.7 Å². The number of likely N-dealkylation sites (tertiary alicyclic amines) is 1. The van der Waals surface area contributed by atoms with Crippen LogP contribution < -0.4 is 5.32 Å². The molecule has 0 saturated carbocycles. The Hall–Kier alpha value is -0.870. The van der Waals surface area contributed by atoms with Gasteiger partial charge in [-0.3, -0.25) is 4.79 Å². The minimum Gasteiger partial charge on any atom is -0.352 e. The number of halogens is 1. The van der Waals surface area contributed by atoms with E-state index in [4.69, 9.17) is 0 Å². The summed E-state index contributed by atoms with van der Waals surface area (Å²) in [5, 5.41) is 3.04. The molecular weight excluding hydrogens is 316 g/mol. The van der Waals surface area contributed by atoms with E-state index in [9.17, 15) is 4.79 Å². The van der Waals surface area contributed by atoms with Gasteiger partial charge in [0.1, 0.15) is 0 Å². The Bertz CT molecular complexity index is 468. The Morgan fingerprint density at radius 2 is 2.10 bits per heavy atom. The lowest BCUT2D eigenvalue weighted by molar-refractivity contribution is 0.0948. The number of amides is 1. The molecule has 1 aliphatic rings. The van der Waals surface area contributed by atoms with Crippen molar-refractivity contribution in [2.24, 2.45) is 5.92 Å². The Morgan fingerprint density at radius 1 is 1.40 bits per heavy atom. The van der Waals surface area contributed by atoms with Crippen molar-refractivity contribution in [3.63, 3.8) is 0 Å². The maximum atomic E-state index is 12.2. The van der Waals surface area contributed by atoms with Crippen LogP contribution in [-0.2, 0) is 0 Å². The van der Waals surface area contributed by atoms with E-state index in [0.29, 0.717) is 0 Å². The highest BCUT2D eigenvalue weighted by molar-refractivity contribution is 9.10. The van der Waals surface area contributed by atoms with Gasteiger partial charge in [0, 0.05) is 11.0 Å². The molecule has 1 saturated heterocycles. The summed E-state index contributed by atoms with van der Waals surface area (Å²) in [6.07, 6.45) is 3.59. The summed E-state index contributed by atoms with van der Waals surface area (Å²) in [5.41, 5.74) is 1.82. The van der Waals surface area contributed by atoms with Crippen molar-refractivity contribution in [3.8, 4) is 0 Å². The maximum Gasteiger partial charge on any atom is 0.252 e.